The van der Waals surface area contributed by atoms with Crippen molar-refractivity contribution in [3.63, 3.8) is 0 Å². The number of aromatic nitrogens is 4. The van der Waals surface area contributed by atoms with E-state index < -0.39 is 5.91 Å². The Bertz CT molecular complexity index is 1220. The molecule has 7 nitrogen and oxygen atoms in total. The number of amides is 1. The number of primary amides is 1. The number of aryl methyl sites for hydroxylation is 1. The largest absolute Gasteiger partial charge is 0.368 e. The molecule has 2 heterocycles. The molecule has 4 rings (SSSR count). The number of benzene rings is 2. The summed E-state index contributed by atoms with van der Waals surface area (Å²) >= 11 is 0. The Balaban J connectivity index is 2.06. The Morgan fingerprint density at radius 3 is 2.43 bits per heavy atom. The van der Waals surface area contributed by atoms with Gasteiger partial charge in [-0.25, -0.2) is 24.3 Å². The van der Waals surface area contributed by atoms with Gasteiger partial charge in [-0.05, 0) is 48.9 Å². The van der Waals surface area contributed by atoms with Gasteiger partial charge in [-0.15, -0.1) is 0 Å². The minimum Gasteiger partial charge on any atom is -0.368 e. The summed E-state index contributed by atoms with van der Waals surface area (Å²) in [6.45, 7) is 1.86. The van der Waals surface area contributed by atoms with Gasteiger partial charge in [0, 0.05) is 22.2 Å². The van der Waals surface area contributed by atoms with Gasteiger partial charge in [-0.1, -0.05) is 6.07 Å². The van der Waals surface area contributed by atoms with E-state index in [2.05, 4.69) is 19.9 Å². The maximum absolute atomic E-state index is 13.4. The lowest BCUT2D eigenvalue weighted by Crippen LogP contribution is -2.17. The lowest BCUT2D eigenvalue weighted by atomic mass is 9.95. The molecule has 0 spiro atoms. The third kappa shape index (κ3) is 3.01. The van der Waals surface area contributed by atoms with Gasteiger partial charge in [0.15, 0.2) is 0 Å². The predicted octanol–water partition coefficient (Wildman–Crippen LogP) is 2.88. The maximum Gasteiger partial charge on any atom is 0.268 e. The average Bonchev–Trinajstić information content (AvgIpc) is 2.68. The number of fused-ring (bicyclic) bond motifs is 1. The van der Waals surface area contributed by atoms with Crippen molar-refractivity contribution < 1.29 is 9.18 Å². The molecule has 0 unspecified atom stereocenters. The van der Waals surface area contributed by atoms with Crippen molar-refractivity contribution in [3.05, 3.63) is 66.0 Å². The van der Waals surface area contributed by atoms with Crippen molar-refractivity contribution in [1.82, 2.24) is 19.9 Å². The van der Waals surface area contributed by atoms with Crippen molar-refractivity contribution in [3.8, 4) is 22.4 Å². The first-order chi connectivity index (χ1) is 13.4. The average molecular weight is 374 g/mol. The minimum absolute atomic E-state index is 0.0133. The van der Waals surface area contributed by atoms with Crippen LogP contribution in [-0.4, -0.2) is 25.8 Å². The fraction of sp³-hybridized carbons (Fsp3) is 0.0500. The summed E-state index contributed by atoms with van der Waals surface area (Å²) in [5, 5.41) is 0.817. The molecule has 0 atom stereocenters. The molecule has 0 bridgehead atoms. The molecule has 0 aliphatic carbocycles. The van der Waals surface area contributed by atoms with Crippen molar-refractivity contribution in [2.24, 2.45) is 5.73 Å². The first kappa shape index (κ1) is 17.5. The van der Waals surface area contributed by atoms with Crippen LogP contribution < -0.4 is 11.5 Å². The molecule has 0 radical (unpaired) electrons. The van der Waals surface area contributed by atoms with E-state index in [1.54, 1.807) is 18.2 Å². The van der Waals surface area contributed by atoms with Crippen molar-refractivity contribution >= 4 is 22.8 Å². The van der Waals surface area contributed by atoms with E-state index in [9.17, 15) is 9.18 Å². The quantitative estimate of drug-likeness (QED) is 0.569. The molecular formula is C20H15FN6O. The minimum atomic E-state index is -0.742. The molecule has 0 saturated carbocycles. The smallest absolute Gasteiger partial charge is 0.268 e. The van der Waals surface area contributed by atoms with Crippen LogP contribution in [0.25, 0.3) is 33.3 Å². The maximum atomic E-state index is 13.4. The number of halogens is 1. The van der Waals surface area contributed by atoms with Gasteiger partial charge in [-0.2, -0.15) is 0 Å². The highest BCUT2D eigenvalue weighted by Crippen LogP contribution is 2.35. The van der Waals surface area contributed by atoms with E-state index >= 15 is 0 Å². The summed E-state index contributed by atoms with van der Waals surface area (Å²) in [5.74, 6) is -1.23. The van der Waals surface area contributed by atoms with Gasteiger partial charge < -0.3 is 11.5 Å². The van der Waals surface area contributed by atoms with Crippen LogP contribution in [0.3, 0.4) is 0 Å². The Labute approximate surface area is 159 Å². The summed E-state index contributed by atoms with van der Waals surface area (Å²) in [4.78, 5) is 28.9. The third-order valence-electron chi connectivity index (χ3n) is 4.40. The topological polar surface area (TPSA) is 121 Å². The van der Waals surface area contributed by atoms with Crippen LogP contribution in [0, 0.1) is 12.7 Å². The highest BCUT2D eigenvalue weighted by Gasteiger charge is 2.21. The van der Waals surface area contributed by atoms with Gasteiger partial charge in [0.2, 0.25) is 5.95 Å². The highest BCUT2D eigenvalue weighted by molar-refractivity contribution is 6.03. The number of rotatable bonds is 3. The fourth-order valence-electron chi connectivity index (χ4n) is 3.09. The number of hydrogen-bond donors (Lipinski definition) is 2. The van der Waals surface area contributed by atoms with Crippen molar-refractivity contribution in [2.45, 2.75) is 6.92 Å². The Morgan fingerprint density at radius 1 is 1.00 bits per heavy atom. The van der Waals surface area contributed by atoms with Crippen LogP contribution >= 0.6 is 0 Å². The van der Waals surface area contributed by atoms with Gasteiger partial charge in [0.05, 0.1) is 11.2 Å². The molecule has 1 amide bonds. The number of carbonyl (C=O) groups is 1. The van der Waals surface area contributed by atoms with Gasteiger partial charge >= 0.3 is 0 Å². The molecule has 0 fully saturated rings. The molecule has 4 N–H and O–H groups in total. The van der Waals surface area contributed by atoms with E-state index in [4.69, 9.17) is 11.5 Å². The van der Waals surface area contributed by atoms with Gasteiger partial charge in [0.25, 0.3) is 5.91 Å². The Morgan fingerprint density at radius 2 is 1.71 bits per heavy atom. The highest BCUT2D eigenvalue weighted by atomic mass is 19.1. The molecular weight excluding hydrogens is 359 g/mol. The second-order valence-electron chi connectivity index (χ2n) is 6.22. The first-order valence-electron chi connectivity index (χ1n) is 8.39. The standard InChI is InChI=1S/C20H15FN6O/c1-10-14-8-12(4-7-15(14)25-9-24-10)16-17(11-2-5-13(21)6-3-11)26-20(23)27-18(16)19(22)28/h2-9H,1H3,(H2,22,28)(H2,23,26,27). The fourth-order valence-corrected chi connectivity index (χ4v) is 3.09. The molecule has 8 heteroatoms. The van der Waals surface area contributed by atoms with Crippen LogP contribution in [0.1, 0.15) is 16.2 Å². The summed E-state index contributed by atoms with van der Waals surface area (Å²) in [6, 6.07) is 11.2. The zero-order chi connectivity index (χ0) is 19.8. The van der Waals surface area contributed by atoms with Crippen LogP contribution in [0.15, 0.2) is 48.8 Å². The van der Waals surface area contributed by atoms with E-state index in [1.807, 2.05) is 19.1 Å². The Hall–Kier alpha value is -3.94. The number of carbonyl (C=O) groups excluding carboxylic acids is 1. The van der Waals surface area contributed by atoms with Crippen molar-refractivity contribution in [2.75, 3.05) is 5.73 Å². The van der Waals surface area contributed by atoms with Crippen LogP contribution in [0.5, 0.6) is 0 Å². The molecule has 2 aromatic heterocycles. The van der Waals surface area contributed by atoms with E-state index in [-0.39, 0.29) is 17.5 Å². The summed E-state index contributed by atoms with van der Waals surface area (Å²) in [6.07, 6.45) is 1.49. The van der Waals surface area contributed by atoms with Gasteiger partial charge in [-0.3, -0.25) is 4.79 Å². The van der Waals surface area contributed by atoms with E-state index in [0.29, 0.717) is 22.4 Å². The lowest BCUT2D eigenvalue weighted by molar-refractivity contribution is 0.0996. The monoisotopic (exact) mass is 374 g/mol. The second-order valence-corrected chi connectivity index (χ2v) is 6.22. The number of nitrogens with two attached hydrogens (primary N) is 2. The first-order valence-corrected chi connectivity index (χ1v) is 8.39. The molecule has 28 heavy (non-hydrogen) atoms. The van der Waals surface area contributed by atoms with Crippen molar-refractivity contribution in [1.29, 1.82) is 0 Å². The summed E-state index contributed by atoms with van der Waals surface area (Å²) < 4.78 is 13.4. The molecule has 0 aliphatic rings. The second kappa shape index (κ2) is 6.66. The SMILES string of the molecule is Cc1ncnc2ccc(-c3c(C(N)=O)nc(N)nc3-c3ccc(F)cc3)cc12. The summed E-state index contributed by atoms with van der Waals surface area (Å²) in [7, 11) is 0. The van der Waals surface area contributed by atoms with E-state index in [0.717, 1.165) is 16.6 Å². The lowest BCUT2D eigenvalue weighted by Gasteiger charge is -2.14. The zero-order valence-electron chi connectivity index (χ0n) is 14.8. The van der Waals surface area contributed by atoms with Gasteiger partial charge in [0.1, 0.15) is 17.8 Å². The van der Waals surface area contributed by atoms with E-state index in [1.165, 1.54) is 18.5 Å². The number of nitrogen functional groups attached to an aromatic ring is 1. The van der Waals surface area contributed by atoms with Crippen LogP contribution in [0.2, 0.25) is 0 Å². The van der Waals surface area contributed by atoms with Crippen LogP contribution in [-0.2, 0) is 0 Å². The molecule has 4 aromatic rings. The number of nitrogens with zero attached hydrogens (tertiary/aromatic N) is 4. The third-order valence-corrected chi connectivity index (χ3v) is 4.40. The molecule has 0 aliphatic heterocycles. The van der Waals surface area contributed by atoms with Crippen LogP contribution in [0.4, 0.5) is 10.3 Å². The summed E-state index contributed by atoms with van der Waals surface area (Å²) in [5.41, 5.74) is 14.9. The Kier molecular flexibility index (Phi) is 4.15. The zero-order valence-corrected chi connectivity index (χ0v) is 14.8. The number of anilines is 1. The molecule has 0 saturated heterocycles. The molecule has 2 aromatic carbocycles. The molecule has 138 valence electrons. The normalized spacial score (nSPS) is 10.9. The number of hydrogen-bond acceptors (Lipinski definition) is 6. The predicted molar refractivity (Wildman–Crippen MR) is 104 cm³/mol.